The second-order valence-electron chi connectivity index (χ2n) is 6.78. The summed E-state index contributed by atoms with van der Waals surface area (Å²) >= 11 is 5.39. The lowest BCUT2D eigenvalue weighted by atomic mass is 10.1. The predicted molar refractivity (Wildman–Crippen MR) is 101 cm³/mol. The summed E-state index contributed by atoms with van der Waals surface area (Å²) in [6, 6.07) is 6.27. The Kier molecular flexibility index (Phi) is 6.81. The average Bonchev–Trinajstić information content (AvgIpc) is 2.49. The molecule has 128 valence electrons. The number of hydrogen-bond donors (Lipinski definition) is 2. The number of thiocarbonyl (C=S) groups is 1. The third kappa shape index (κ3) is 6.09. The lowest BCUT2D eigenvalue weighted by Gasteiger charge is -2.34. The fourth-order valence-corrected chi connectivity index (χ4v) is 2.99. The molecule has 2 rings (SSSR count). The zero-order valence-corrected chi connectivity index (χ0v) is 15.5. The Morgan fingerprint density at radius 2 is 2.13 bits per heavy atom. The van der Waals surface area contributed by atoms with Crippen molar-refractivity contribution in [3.8, 4) is 0 Å². The zero-order chi connectivity index (χ0) is 16.8. The molecule has 1 aliphatic heterocycles. The number of hydrogen-bond acceptors (Lipinski definition) is 3. The van der Waals surface area contributed by atoms with Crippen molar-refractivity contribution in [2.45, 2.75) is 33.8 Å². The van der Waals surface area contributed by atoms with Crippen LogP contribution in [0.5, 0.6) is 0 Å². The second kappa shape index (κ2) is 8.62. The lowest BCUT2D eigenvalue weighted by molar-refractivity contribution is -0.0283. The van der Waals surface area contributed by atoms with Gasteiger partial charge in [0.2, 0.25) is 0 Å². The van der Waals surface area contributed by atoms with Crippen LogP contribution in [0.3, 0.4) is 0 Å². The number of ether oxygens (including phenoxy) is 1. The minimum absolute atomic E-state index is 0.196. The molecule has 0 aromatic heterocycles. The molecule has 1 atom stereocenters. The van der Waals surface area contributed by atoms with Gasteiger partial charge in [-0.15, -0.1) is 0 Å². The maximum atomic E-state index is 5.83. The Labute approximate surface area is 145 Å². The van der Waals surface area contributed by atoms with Crippen LogP contribution >= 0.6 is 12.2 Å². The third-order valence-corrected chi connectivity index (χ3v) is 4.35. The number of nitrogens with zero attached hydrogens (tertiary/aromatic N) is 1. The third-order valence-electron chi connectivity index (χ3n) is 4.10. The van der Waals surface area contributed by atoms with E-state index < -0.39 is 0 Å². The smallest absolute Gasteiger partial charge is 0.170 e. The van der Waals surface area contributed by atoms with Gasteiger partial charge in [0, 0.05) is 31.9 Å². The van der Waals surface area contributed by atoms with Crippen molar-refractivity contribution < 1.29 is 4.74 Å². The summed E-state index contributed by atoms with van der Waals surface area (Å²) in [7, 11) is 0. The highest BCUT2D eigenvalue weighted by atomic mass is 32.1. The highest BCUT2D eigenvalue weighted by Gasteiger charge is 2.20. The SMILES string of the molecule is Cc1ccc(NC(=S)NC[C@H]2CN(CC(C)C)CCO2)cc1C. The van der Waals surface area contributed by atoms with Gasteiger partial charge in [-0.3, -0.25) is 4.90 Å². The lowest BCUT2D eigenvalue weighted by Crippen LogP contribution is -2.48. The first-order valence-corrected chi connectivity index (χ1v) is 8.81. The van der Waals surface area contributed by atoms with Gasteiger partial charge in [-0.05, 0) is 55.2 Å². The molecule has 0 saturated carbocycles. The molecule has 0 spiro atoms. The molecule has 0 aliphatic carbocycles. The van der Waals surface area contributed by atoms with Gasteiger partial charge in [0.15, 0.2) is 5.11 Å². The molecule has 0 unspecified atom stereocenters. The minimum Gasteiger partial charge on any atom is -0.374 e. The molecule has 0 radical (unpaired) electrons. The van der Waals surface area contributed by atoms with Crippen molar-refractivity contribution in [1.29, 1.82) is 0 Å². The van der Waals surface area contributed by atoms with Gasteiger partial charge >= 0.3 is 0 Å². The normalized spacial score (nSPS) is 18.9. The number of anilines is 1. The topological polar surface area (TPSA) is 36.5 Å². The largest absolute Gasteiger partial charge is 0.374 e. The van der Waals surface area contributed by atoms with E-state index in [1.54, 1.807) is 0 Å². The highest BCUT2D eigenvalue weighted by molar-refractivity contribution is 7.80. The first-order valence-electron chi connectivity index (χ1n) is 8.40. The van der Waals surface area contributed by atoms with Crippen molar-refractivity contribution in [2.75, 3.05) is 38.1 Å². The van der Waals surface area contributed by atoms with Crippen molar-refractivity contribution in [1.82, 2.24) is 10.2 Å². The van der Waals surface area contributed by atoms with E-state index in [9.17, 15) is 0 Å². The Hall–Kier alpha value is -1.17. The summed E-state index contributed by atoms with van der Waals surface area (Å²) < 4.78 is 5.83. The maximum Gasteiger partial charge on any atom is 0.170 e. The molecule has 1 aromatic carbocycles. The molecule has 0 bridgehead atoms. The number of rotatable bonds is 5. The van der Waals surface area contributed by atoms with Crippen molar-refractivity contribution in [2.24, 2.45) is 5.92 Å². The summed E-state index contributed by atoms with van der Waals surface area (Å²) in [6.07, 6.45) is 0.196. The molecule has 1 heterocycles. The van der Waals surface area contributed by atoms with E-state index in [2.05, 4.69) is 61.4 Å². The summed E-state index contributed by atoms with van der Waals surface area (Å²) in [5, 5.41) is 7.17. The molecule has 23 heavy (non-hydrogen) atoms. The standard InChI is InChI=1S/C18H29N3OS/c1-13(2)11-21-7-8-22-17(12-21)10-19-18(23)20-16-6-5-14(3)15(4)9-16/h5-6,9,13,17H,7-8,10-12H2,1-4H3,(H2,19,20,23)/t17-/m0/s1. The number of morpholine rings is 1. The fraction of sp³-hybridized carbons (Fsp3) is 0.611. The van der Waals surface area contributed by atoms with E-state index in [1.165, 1.54) is 11.1 Å². The average molecular weight is 336 g/mol. The van der Waals surface area contributed by atoms with Crippen LogP contribution in [-0.4, -0.2) is 48.9 Å². The van der Waals surface area contributed by atoms with Gasteiger partial charge in [0.1, 0.15) is 0 Å². The van der Waals surface area contributed by atoms with E-state index in [0.717, 1.165) is 38.5 Å². The van der Waals surface area contributed by atoms with E-state index >= 15 is 0 Å². The molecule has 1 aromatic rings. The maximum absolute atomic E-state index is 5.83. The molecule has 1 saturated heterocycles. The molecular formula is C18H29N3OS. The van der Waals surface area contributed by atoms with Crippen LogP contribution in [0.2, 0.25) is 0 Å². The van der Waals surface area contributed by atoms with Crippen molar-refractivity contribution in [3.05, 3.63) is 29.3 Å². The minimum atomic E-state index is 0.196. The molecule has 1 aliphatic rings. The van der Waals surface area contributed by atoms with Crippen molar-refractivity contribution >= 4 is 23.0 Å². The van der Waals surface area contributed by atoms with E-state index in [1.807, 2.05) is 0 Å². The highest BCUT2D eigenvalue weighted by Crippen LogP contribution is 2.14. The van der Waals surface area contributed by atoms with Gasteiger partial charge < -0.3 is 15.4 Å². The molecular weight excluding hydrogens is 306 g/mol. The van der Waals surface area contributed by atoms with Gasteiger partial charge in [-0.25, -0.2) is 0 Å². The Morgan fingerprint density at radius 1 is 1.35 bits per heavy atom. The zero-order valence-electron chi connectivity index (χ0n) is 14.7. The predicted octanol–water partition coefficient (Wildman–Crippen LogP) is 2.95. The van der Waals surface area contributed by atoms with E-state index in [0.29, 0.717) is 11.0 Å². The van der Waals surface area contributed by atoms with Crippen LogP contribution in [0.4, 0.5) is 5.69 Å². The van der Waals surface area contributed by atoms with Crippen LogP contribution in [0, 0.1) is 19.8 Å². The van der Waals surface area contributed by atoms with Gasteiger partial charge in [0.05, 0.1) is 12.7 Å². The summed E-state index contributed by atoms with van der Waals surface area (Å²) in [5.41, 5.74) is 3.57. The second-order valence-corrected chi connectivity index (χ2v) is 7.19. The first-order chi connectivity index (χ1) is 10.9. The summed E-state index contributed by atoms with van der Waals surface area (Å²) in [4.78, 5) is 2.47. The number of aryl methyl sites for hydroxylation is 2. The summed E-state index contributed by atoms with van der Waals surface area (Å²) in [6.45, 7) is 13.4. The van der Waals surface area contributed by atoms with Gasteiger partial charge in [-0.2, -0.15) is 0 Å². The van der Waals surface area contributed by atoms with E-state index in [-0.39, 0.29) is 6.10 Å². The molecule has 0 amide bonds. The Balaban J connectivity index is 1.76. The van der Waals surface area contributed by atoms with Crippen LogP contribution in [-0.2, 0) is 4.74 Å². The van der Waals surface area contributed by atoms with Crippen LogP contribution < -0.4 is 10.6 Å². The molecule has 5 heteroatoms. The fourth-order valence-electron chi connectivity index (χ4n) is 2.79. The Morgan fingerprint density at radius 3 is 2.83 bits per heavy atom. The quantitative estimate of drug-likeness (QED) is 0.809. The van der Waals surface area contributed by atoms with Gasteiger partial charge in [-0.1, -0.05) is 19.9 Å². The van der Waals surface area contributed by atoms with Crippen LogP contribution in [0.1, 0.15) is 25.0 Å². The van der Waals surface area contributed by atoms with Gasteiger partial charge in [0.25, 0.3) is 0 Å². The van der Waals surface area contributed by atoms with E-state index in [4.69, 9.17) is 17.0 Å². The summed E-state index contributed by atoms with van der Waals surface area (Å²) in [5.74, 6) is 0.689. The molecule has 2 N–H and O–H groups in total. The first kappa shape index (κ1) is 18.2. The monoisotopic (exact) mass is 335 g/mol. The number of benzene rings is 1. The number of nitrogens with one attached hydrogen (secondary N) is 2. The Bertz CT molecular complexity index is 533. The van der Waals surface area contributed by atoms with Crippen molar-refractivity contribution in [3.63, 3.8) is 0 Å². The van der Waals surface area contributed by atoms with Crippen LogP contribution in [0.25, 0.3) is 0 Å². The molecule has 1 fully saturated rings. The molecule has 4 nitrogen and oxygen atoms in total. The van der Waals surface area contributed by atoms with Crippen LogP contribution in [0.15, 0.2) is 18.2 Å².